The molecule has 0 aromatic heterocycles. The molecule has 3 rings (SSSR count). The maximum absolute atomic E-state index is 13.5. The van der Waals surface area contributed by atoms with Crippen LogP contribution in [0.15, 0.2) is 48.5 Å². The molecule has 1 N–H and O–H groups in total. The lowest BCUT2D eigenvalue weighted by molar-refractivity contribution is -0.137. The molecule has 5 heteroatoms. The minimum Gasteiger partial charge on any atom is -0.350 e. The number of rotatable bonds is 4. The Bertz CT molecular complexity index is 820. The summed E-state index contributed by atoms with van der Waals surface area (Å²) in [6.07, 6.45) is 0.192. The van der Waals surface area contributed by atoms with E-state index in [2.05, 4.69) is 5.32 Å². The summed E-state index contributed by atoms with van der Waals surface area (Å²) in [5.41, 5.74) is 1.03. The van der Waals surface area contributed by atoms with Gasteiger partial charge in [0.25, 0.3) is 0 Å². The van der Waals surface area contributed by atoms with Crippen molar-refractivity contribution >= 4 is 12.0 Å². The molecule has 0 radical (unpaired) electrons. The number of aryl methyl sites for hydroxylation is 1. The fourth-order valence-corrected chi connectivity index (χ4v) is 2.74. The molecule has 1 aliphatic rings. The Morgan fingerprint density at radius 1 is 1.12 bits per heavy atom. The number of halogens is 3. The molecule has 25 heavy (non-hydrogen) atoms. The van der Waals surface area contributed by atoms with E-state index in [0.29, 0.717) is 11.1 Å². The summed E-state index contributed by atoms with van der Waals surface area (Å²) in [5.74, 6) is -0.282. The van der Waals surface area contributed by atoms with Crippen LogP contribution in [0.5, 0.6) is 0 Å². The van der Waals surface area contributed by atoms with Crippen LogP contribution in [-0.2, 0) is 11.0 Å². The van der Waals surface area contributed by atoms with Gasteiger partial charge in [0.2, 0.25) is 5.91 Å². The third-order valence-electron chi connectivity index (χ3n) is 4.15. The Morgan fingerprint density at radius 2 is 1.84 bits per heavy atom. The molecule has 0 heterocycles. The van der Waals surface area contributed by atoms with Crippen molar-refractivity contribution in [2.45, 2.75) is 32.0 Å². The summed E-state index contributed by atoms with van der Waals surface area (Å²) in [6.45, 7) is 1.77. The van der Waals surface area contributed by atoms with E-state index in [-0.39, 0.29) is 17.5 Å². The SMILES string of the molecule is Cc1ccccc1-c1c(/C=C/C(=O)NC2CC2)cccc1C(F)(F)F. The average Bonchev–Trinajstić information content (AvgIpc) is 3.36. The van der Waals surface area contributed by atoms with Gasteiger partial charge in [0.1, 0.15) is 0 Å². The number of hydrogen-bond acceptors (Lipinski definition) is 1. The largest absolute Gasteiger partial charge is 0.417 e. The van der Waals surface area contributed by atoms with Crippen LogP contribution in [0.4, 0.5) is 13.2 Å². The van der Waals surface area contributed by atoms with Crippen molar-refractivity contribution in [3.63, 3.8) is 0 Å². The number of carbonyl (C=O) groups excluding carboxylic acids is 1. The molecule has 1 aliphatic carbocycles. The van der Waals surface area contributed by atoms with Crippen LogP contribution in [0, 0.1) is 6.92 Å². The highest BCUT2D eigenvalue weighted by Gasteiger charge is 2.34. The van der Waals surface area contributed by atoms with Gasteiger partial charge in [-0.1, -0.05) is 36.4 Å². The van der Waals surface area contributed by atoms with Crippen molar-refractivity contribution in [2.24, 2.45) is 0 Å². The molecule has 2 aromatic rings. The highest BCUT2D eigenvalue weighted by atomic mass is 19.4. The molecular formula is C20H18F3NO. The van der Waals surface area contributed by atoms with Gasteiger partial charge in [-0.15, -0.1) is 0 Å². The van der Waals surface area contributed by atoms with Crippen LogP contribution < -0.4 is 5.32 Å². The zero-order valence-corrected chi connectivity index (χ0v) is 13.7. The summed E-state index contributed by atoms with van der Waals surface area (Å²) in [7, 11) is 0. The molecular weight excluding hydrogens is 327 g/mol. The second-order valence-corrected chi connectivity index (χ2v) is 6.20. The molecule has 0 atom stereocenters. The molecule has 1 fully saturated rings. The fourth-order valence-electron chi connectivity index (χ4n) is 2.74. The van der Waals surface area contributed by atoms with Crippen molar-refractivity contribution in [1.82, 2.24) is 5.32 Å². The molecule has 0 aliphatic heterocycles. The Hall–Kier alpha value is -2.56. The number of nitrogens with one attached hydrogen (secondary N) is 1. The molecule has 130 valence electrons. The molecule has 2 nitrogen and oxygen atoms in total. The van der Waals surface area contributed by atoms with E-state index in [1.54, 1.807) is 37.3 Å². The van der Waals surface area contributed by atoms with Crippen molar-refractivity contribution in [2.75, 3.05) is 0 Å². The fraction of sp³-hybridized carbons (Fsp3) is 0.250. The van der Waals surface area contributed by atoms with Gasteiger partial charge in [-0.05, 0) is 48.6 Å². The minimum absolute atomic E-state index is 0.101. The molecule has 1 saturated carbocycles. The lowest BCUT2D eigenvalue weighted by Gasteiger charge is -2.17. The maximum Gasteiger partial charge on any atom is 0.417 e. The predicted octanol–water partition coefficient (Wildman–Crippen LogP) is 4.97. The van der Waals surface area contributed by atoms with Gasteiger partial charge in [-0.25, -0.2) is 0 Å². The number of amides is 1. The van der Waals surface area contributed by atoms with E-state index in [4.69, 9.17) is 0 Å². The summed E-state index contributed by atoms with van der Waals surface area (Å²) >= 11 is 0. The Kier molecular flexibility index (Phi) is 4.66. The first kappa shape index (κ1) is 17.3. The zero-order chi connectivity index (χ0) is 18.0. The Labute approximate surface area is 144 Å². The van der Waals surface area contributed by atoms with Crippen molar-refractivity contribution in [3.8, 4) is 11.1 Å². The van der Waals surface area contributed by atoms with Crippen molar-refractivity contribution < 1.29 is 18.0 Å². The first-order valence-corrected chi connectivity index (χ1v) is 8.11. The lowest BCUT2D eigenvalue weighted by Crippen LogP contribution is -2.22. The normalized spacial score (nSPS) is 14.7. The van der Waals surface area contributed by atoms with Gasteiger partial charge < -0.3 is 5.32 Å². The summed E-state index contributed by atoms with van der Waals surface area (Å²) < 4.78 is 40.6. The number of alkyl halides is 3. The van der Waals surface area contributed by atoms with E-state index in [9.17, 15) is 18.0 Å². The lowest BCUT2D eigenvalue weighted by atomic mass is 9.91. The van der Waals surface area contributed by atoms with Crippen LogP contribution in [0.2, 0.25) is 0 Å². The molecule has 1 amide bonds. The van der Waals surface area contributed by atoms with Crippen LogP contribution >= 0.6 is 0 Å². The molecule has 0 saturated heterocycles. The van der Waals surface area contributed by atoms with Crippen LogP contribution in [-0.4, -0.2) is 11.9 Å². The van der Waals surface area contributed by atoms with E-state index in [0.717, 1.165) is 24.5 Å². The van der Waals surface area contributed by atoms with E-state index in [1.165, 1.54) is 18.2 Å². The van der Waals surface area contributed by atoms with Crippen LogP contribution in [0.3, 0.4) is 0 Å². The van der Waals surface area contributed by atoms with Crippen LogP contribution in [0.1, 0.15) is 29.5 Å². The smallest absolute Gasteiger partial charge is 0.350 e. The molecule has 0 unspecified atom stereocenters. The summed E-state index contributed by atoms with van der Waals surface area (Å²) in [4.78, 5) is 11.8. The Morgan fingerprint density at radius 3 is 2.48 bits per heavy atom. The third kappa shape index (κ3) is 4.10. The maximum atomic E-state index is 13.5. The zero-order valence-electron chi connectivity index (χ0n) is 13.7. The quantitative estimate of drug-likeness (QED) is 0.779. The molecule has 2 aromatic carbocycles. The van der Waals surface area contributed by atoms with Crippen LogP contribution in [0.25, 0.3) is 17.2 Å². The predicted molar refractivity (Wildman–Crippen MR) is 91.8 cm³/mol. The standard InChI is InChI=1S/C20H18F3NO/c1-13-5-2-3-7-16(13)19-14(6-4-8-17(19)20(21,22)23)9-12-18(25)24-15-10-11-15/h2-9,12,15H,10-11H2,1H3,(H,24,25)/b12-9+. The van der Waals surface area contributed by atoms with E-state index < -0.39 is 11.7 Å². The van der Waals surface area contributed by atoms with Crippen molar-refractivity contribution in [3.05, 3.63) is 65.2 Å². The number of benzene rings is 2. The third-order valence-corrected chi connectivity index (χ3v) is 4.15. The van der Waals surface area contributed by atoms with Gasteiger partial charge in [0.05, 0.1) is 5.56 Å². The van der Waals surface area contributed by atoms with Gasteiger partial charge in [-0.2, -0.15) is 13.2 Å². The number of carbonyl (C=O) groups is 1. The van der Waals surface area contributed by atoms with Gasteiger partial charge >= 0.3 is 6.18 Å². The highest BCUT2D eigenvalue weighted by Crippen LogP contribution is 2.40. The Balaban J connectivity index is 2.07. The first-order valence-electron chi connectivity index (χ1n) is 8.11. The monoisotopic (exact) mass is 345 g/mol. The minimum atomic E-state index is -4.47. The van der Waals surface area contributed by atoms with Crippen molar-refractivity contribution in [1.29, 1.82) is 0 Å². The highest BCUT2D eigenvalue weighted by molar-refractivity contribution is 5.94. The van der Waals surface area contributed by atoms with E-state index >= 15 is 0 Å². The van der Waals surface area contributed by atoms with Gasteiger partial charge in [0.15, 0.2) is 0 Å². The second-order valence-electron chi connectivity index (χ2n) is 6.20. The summed E-state index contributed by atoms with van der Waals surface area (Å²) in [6, 6.07) is 11.2. The molecule has 0 bridgehead atoms. The second kappa shape index (κ2) is 6.75. The first-order chi connectivity index (χ1) is 11.9. The number of hydrogen-bond donors (Lipinski definition) is 1. The van der Waals surface area contributed by atoms with Gasteiger partial charge in [0, 0.05) is 17.7 Å². The molecule has 0 spiro atoms. The van der Waals surface area contributed by atoms with Gasteiger partial charge in [-0.3, -0.25) is 4.79 Å². The summed E-state index contributed by atoms with van der Waals surface area (Å²) in [5, 5.41) is 2.79. The topological polar surface area (TPSA) is 29.1 Å². The average molecular weight is 345 g/mol. The van der Waals surface area contributed by atoms with E-state index in [1.807, 2.05) is 0 Å².